The van der Waals surface area contributed by atoms with Gasteiger partial charge in [-0.3, -0.25) is 4.79 Å². The van der Waals surface area contributed by atoms with E-state index < -0.39 is 0 Å². The second-order valence-corrected chi connectivity index (χ2v) is 8.29. The molecule has 1 aromatic carbocycles. The van der Waals surface area contributed by atoms with Gasteiger partial charge in [0.25, 0.3) is 0 Å². The standard InChI is InChI=1S/C21H23N3OS/c1-16(25)24(14-18-6-11-26-15-18)20-12-21(20)7-9-23(10-8-21)19-4-2-17(13-22)3-5-19/h2-6,11,15,20H,7-10,12,14H2,1H3/t20-/m1/s1. The van der Waals surface area contributed by atoms with E-state index in [0.29, 0.717) is 17.0 Å². The van der Waals surface area contributed by atoms with Crippen molar-refractivity contribution in [2.24, 2.45) is 5.41 Å². The molecule has 1 saturated carbocycles. The molecule has 4 nitrogen and oxygen atoms in total. The summed E-state index contributed by atoms with van der Waals surface area (Å²) in [6, 6.07) is 12.5. The Hall–Kier alpha value is -2.32. The molecule has 5 heteroatoms. The molecule has 0 radical (unpaired) electrons. The summed E-state index contributed by atoms with van der Waals surface area (Å²) < 4.78 is 0. The van der Waals surface area contributed by atoms with Crippen LogP contribution in [0, 0.1) is 16.7 Å². The number of nitriles is 1. The third kappa shape index (κ3) is 3.22. The molecule has 0 bridgehead atoms. The number of benzene rings is 1. The molecule has 134 valence electrons. The summed E-state index contributed by atoms with van der Waals surface area (Å²) in [6.07, 6.45) is 3.40. The second kappa shape index (κ2) is 6.77. The molecule has 1 aliphatic carbocycles. The predicted octanol–water partition coefficient (Wildman–Crippen LogP) is 4.03. The maximum Gasteiger partial charge on any atom is 0.220 e. The lowest BCUT2D eigenvalue weighted by Gasteiger charge is -2.36. The van der Waals surface area contributed by atoms with E-state index >= 15 is 0 Å². The van der Waals surface area contributed by atoms with Crippen molar-refractivity contribution in [3.05, 3.63) is 52.2 Å². The van der Waals surface area contributed by atoms with Crippen LogP contribution in [0.25, 0.3) is 0 Å². The summed E-state index contributed by atoms with van der Waals surface area (Å²) in [7, 11) is 0. The van der Waals surface area contributed by atoms with Crippen LogP contribution in [0.1, 0.15) is 37.3 Å². The third-order valence-corrected chi connectivity index (χ3v) is 6.71. The van der Waals surface area contributed by atoms with E-state index in [1.807, 2.05) is 24.3 Å². The molecular formula is C21H23N3OS. The van der Waals surface area contributed by atoms with Crippen molar-refractivity contribution in [3.63, 3.8) is 0 Å². The first kappa shape index (κ1) is 17.1. The Morgan fingerprint density at radius 1 is 1.31 bits per heavy atom. The van der Waals surface area contributed by atoms with Gasteiger partial charge in [0.05, 0.1) is 11.6 Å². The zero-order chi connectivity index (χ0) is 18.1. The Morgan fingerprint density at radius 3 is 2.62 bits per heavy atom. The molecule has 2 fully saturated rings. The lowest BCUT2D eigenvalue weighted by molar-refractivity contribution is -0.130. The second-order valence-electron chi connectivity index (χ2n) is 7.51. The van der Waals surface area contributed by atoms with Crippen molar-refractivity contribution in [1.29, 1.82) is 5.26 Å². The first-order valence-corrected chi connectivity index (χ1v) is 10.1. The molecule has 2 heterocycles. The number of rotatable bonds is 4. The number of hydrogen-bond acceptors (Lipinski definition) is 4. The van der Waals surface area contributed by atoms with Crippen LogP contribution in [0.5, 0.6) is 0 Å². The summed E-state index contributed by atoms with van der Waals surface area (Å²) in [5.74, 6) is 0.188. The van der Waals surface area contributed by atoms with Crippen molar-refractivity contribution < 1.29 is 4.79 Å². The monoisotopic (exact) mass is 365 g/mol. The van der Waals surface area contributed by atoms with Gasteiger partial charge in [-0.25, -0.2) is 0 Å². The minimum atomic E-state index is 0.188. The van der Waals surface area contributed by atoms with Gasteiger partial charge in [0.15, 0.2) is 0 Å². The van der Waals surface area contributed by atoms with Crippen LogP contribution in [0.3, 0.4) is 0 Å². The van der Waals surface area contributed by atoms with Crippen LogP contribution in [-0.2, 0) is 11.3 Å². The molecule has 1 saturated heterocycles. The van der Waals surface area contributed by atoms with Gasteiger partial charge in [0.1, 0.15) is 0 Å². The molecule has 1 spiro atoms. The number of piperidine rings is 1. The quantitative estimate of drug-likeness (QED) is 0.822. The molecule has 1 amide bonds. The van der Waals surface area contributed by atoms with Gasteiger partial charge in [-0.05, 0) is 71.3 Å². The molecule has 1 atom stereocenters. The maximum absolute atomic E-state index is 12.2. The van der Waals surface area contributed by atoms with Gasteiger partial charge in [0, 0.05) is 38.3 Å². The lowest BCUT2D eigenvalue weighted by atomic mass is 9.91. The van der Waals surface area contributed by atoms with E-state index in [1.165, 1.54) is 11.3 Å². The van der Waals surface area contributed by atoms with Crippen LogP contribution < -0.4 is 4.90 Å². The van der Waals surface area contributed by atoms with E-state index in [2.05, 4.69) is 32.7 Å². The molecular weight excluding hydrogens is 342 g/mol. The highest BCUT2D eigenvalue weighted by Gasteiger charge is 2.58. The average Bonchev–Trinajstić information content (AvgIpc) is 3.09. The van der Waals surface area contributed by atoms with Crippen LogP contribution >= 0.6 is 11.3 Å². The fourth-order valence-corrected chi connectivity index (χ4v) is 4.94. The molecule has 26 heavy (non-hydrogen) atoms. The summed E-state index contributed by atoms with van der Waals surface area (Å²) in [6.45, 7) is 4.48. The number of anilines is 1. The number of nitrogens with zero attached hydrogens (tertiary/aromatic N) is 3. The highest BCUT2D eigenvalue weighted by Crippen LogP contribution is 2.57. The Labute approximate surface area is 158 Å². The lowest BCUT2D eigenvalue weighted by Crippen LogP contribution is -2.40. The topological polar surface area (TPSA) is 47.3 Å². The van der Waals surface area contributed by atoms with Crippen LogP contribution in [0.15, 0.2) is 41.1 Å². The van der Waals surface area contributed by atoms with Crippen LogP contribution in [0.4, 0.5) is 5.69 Å². The minimum absolute atomic E-state index is 0.188. The Morgan fingerprint density at radius 2 is 2.04 bits per heavy atom. The molecule has 0 unspecified atom stereocenters. The molecule has 1 aliphatic heterocycles. The zero-order valence-electron chi connectivity index (χ0n) is 15.0. The Balaban J connectivity index is 1.39. The summed E-state index contributed by atoms with van der Waals surface area (Å²) in [4.78, 5) is 16.7. The van der Waals surface area contributed by atoms with Gasteiger partial charge in [0.2, 0.25) is 5.91 Å². The Bertz CT molecular complexity index is 814. The number of thiophene rings is 1. The number of carbonyl (C=O) groups excluding carboxylic acids is 1. The largest absolute Gasteiger partial charge is 0.371 e. The van der Waals surface area contributed by atoms with E-state index in [9.17, 15) is 4.79 Å². The minimum Gasteiger partial charge on any atom is -0.371 e. The van der Waals surface area contributed by atoms with Gasteiger partial charge < -0.3 is 9.80 Å². The van der Waals surface area contributed by atoms with Crippen LogP contribution in [-0.4, -0.2) is 29.9 Å². The first-order valence-electron chi connectivity index (χ1n) is 9.15. The molecule has 1 aromatic heterocycles. The van der Waals surface area contributed by atoms with Crippen molar-refractivity contribution in [3.8, 4) is 6.07 Å². The summed E-state index contributed by atoms with van der Waals surface area (Å²) >= 11 is 1.69. The van der Waals surface area contributed by atoms with E-state index in [-0.39, 0.29) is 5.91 Å². The fourth-order valence-electron chi connectivity index (χ4n) is 4.28. The molecule has 4 rings (SSSR count). The van der Waals surface area contributed by atoms with Gasteiger partial charge in [-0.2, -0.15) is 16.6 Å². The summed E-state index contributed by atoms with van der Waals surface area (Å²) in [5, 5.41) is 13.2. The van der Waals surface area contributed by atoms with Crippen molar-refractivity contribution >= 4 is 22.9 Å². The fraction of sp³-hybridized carbons (Fsp3) is 0.429. The van der Waals surface area contributed by atoms with Crippen molar-refractivity contribution in [2.75, 3.05) is 18.0 Å². The third-order valence-electron chi connectivity index (χ3n) is 5.98. The highest BCUT2D eigenvalue weighted by molar-refractivity contribution is 7.07. The normalized spacial score (nSPS) is 20.6. The smallest absolute Gasteiger partial charge is 0.220 e. The average molecular weight is 366 g/mol. The van der Waals surface area contributed by atoms with Crippen molar-refractivity contribution in [2.45, 2.75) is 38.8 Å². The van der Waals surface area contributed by atoms with E-state index in [1.54, 1.807) is 18.3 Å². The number of carbonyl (C=O) groups is 1. The van der Waals surface area contributed by atoms with E-state index in [4.69, 9.17) is 5.26 Å². The summed E-state index contributed by atoms with van der Waals surface area (Å²) in [5.41, 5.74) is 3.44. The van der Waals surface area contributed by atoms with Gasteiger partial charge >= 0.3 is 0 Å². The van der Waals surface area contributed by atoms with E-state index in [0.717, 1.165) is 38.9 Å². The van der Waals surface area contributed by atoms with Gasteiger partial charge in [-0.15, -0.1) is 0 Å². The van der Waals surface area contributed by atoms with Crippen molar-refractivity contribution in [1.82, 2.24) is 4.90 Å². The molecule has 0 N–H and O–H groups in total. The predicted molar refractivity (Wildman–Crippen MR) is 104 cm³/mol. The van der Waals surface area contributed by atoms with Gasteiger partial charge in [-0.1, -0.05) is 0 Å². The number of amides is 1. The first-order chi connectivity index (χ1) is 12.6. The Kier molecular flexibility index (Phi) is 4.46. The molecule has 2 aromatic rings. The zero-order valence-corrected chi connectivity index (χ0v) is 15.8. The number of hydrogen-bond donors (Lipinski definition) is 0. The molecule has 2 aliphatic rings. The van der Waals surface area contributed by atoms with Crippen LogP contribution in [0.2, 0.25) is 0 Å². The highest BCUT2D eigenvalue weighted by atomic mass is 32.1. The maximum atomic E-state index is 12.2. The SMILES string of the molecule is CC(=O)N(Cc1ccsc1)[C@@H]1CC12CCN(c1ccc(C#N)cc1)CC2.